The normalized spacial score (nSPS) is 11.8. The summed E-state index contributed by atoms with van der Waals surface area (Å²) in [6.07, 6.45) is 4.04. The highest BCUT2D eigenvalue weighted by molar-refractivity contribution is 6.34. The number of rotatable bonds is 2. The quantitative estimate of drug-likeness (QED) is 0.382. The van der Waals surface area contributed by atoms with E-state index in [1.54, 1.807) is 0 Å². The van der Waals surface area contributed by atoms with Gasteiger partial charge < -0.3 is 15.1 Å². The molecule has 5 aromatic rings. The second kappa shape index (κ2) is 5.38. The molecule has 2 heterocycles. The lowest BCUT2D eigenvalue weighted by atomic mass is 9.97. The van der Waals surface area contributed by atoms with Crippen LogP contribution >= 0.6 is 11.6 Å². The lowest BCUT2D eigenvalue weighted by molar-refractivity contribution is 0.282. The minimum Gasteiger partial charge on any atom is -0.392 e. The van der Waals surface area contributed by atoms with E-state index >= 15 is 0 Å². The molecule has 3 nitrogen and oxygen atoms in total. The Morgan fingerprint density at radius 1 is 0.840 bits per heavy atom. The van der Waals surface area contributed by atoms with E-state index in [1.807, 2.05) is 48.8 Å². The zero-order valence-electron chi connectivity index (χ0n) is 13.3. The van der Waals surface area contributed by atoms with Crippen molar-refractivity contribution in [2.24, 2.45) is 0 Å². The van der Waals surface area contributed by atoms with Crippen molar-refractivity contribution >= 4 is 44.2 Å². The van der Waals surface area contributed by atoms with Crippen LogP contribution < -0.4 is 0 Å². The minimum absolute atomic E-state index is 0.0383. The molecule has 0 spiro atoms. The molecule has 5 rings (SSSR count). The molecule has 0 amide bonds. The van der Waals surface area contributed by atoms with Crippen molar-refractivity contribution < 1.29 is 5.11 Å². The molecule has 4 heteroatoms. The van der Waals surface area contributed by atoms with Gasteiger partial charge in [0.2, 0.25) is 0 Å². The second-order valence-corrected chi connectivity index (χ2v) is 6.68. The Labute approximate surface area is 148 Å². The Morgan fingerprint density at radius 2 is 1.68 bits per heavy atom. The lowest BCUT2D eigenvalue weighted by Gasteiger charge is -2.07. The van der Waals surface area contributed by atoms with Crippen LogP contribution in [0.5, 0.6) is 0 Å². The summed E-state index contributed by atoms with van der Waals surface area (Å²) in [4.78, 5) is 6.74. The van der Waals surface area contributed by atoms with Crippen LogP contribution in [-0.2, 0) is 6.61 Å². The van der Waals surface area contributed by atoms with Crippen molar-refractivity contribution in [1.29, 1.82) is 0 Å². The van der Waals surface area contributed by atoms with Gasteiger partial charge in [-0.2, -0.15) is 0 Å². The number of benzene rings is 3. The predicted molar refractivity (Wildman–Crippen MR) is 104 cm³/mol. The van der Waals surface area contributed by atoms with E-state index in [0.717, 1.165) is 54.3 Å². The van der Waals surface area contributed by atoms with Gasteiger partial charge in [0.1, 0.15) is 0 Å². The zero-order valence-corrected chi connectivity index (χ0v) is 14.1. The highest BCUT2D eigenvalue weighted by Crippen LogP contribution is 2.40. The molecule has 25 heavy (non-hydrogen) atoms. The average molecular weight is 347 g/mol. The SMILES string of the molecule is OCc1ccc2[nH]c3cc(-c4ccccc4Cl)c4c[nH]cc4c3c2c1. The van der Waals surface area contributed by atoms with Crippen LogP contribution in [0, 0.1) is 0 Å². The Hall–Kier alpha value is -2.75. The van der Waals surface area contributed by atoms with Crippen molar-refractivity contribution in [3.05, 3.63) is 71.5 Å². The monoisotopic (exact) mass is 346 g/mol. The molecule has 3 aromatic carbocycles. The first-order valence-electron chi connectivity index (χ1n) is 8.16. The summed E-state index contributed by atoms with van der Waals surface area (Å²) in [5.74, 6) is 0. The molecule has 0 aliphatic rings. The molecule has 0 radical (unpaired) electrons. The molecule has 0 atom stereocenters. The van der Waals surface area contributed by atoms with Gasteiger partial charge in [0.05, 0.1) is 6.61 Å². The fourth-order valence-corrected chi connectivity index (χ4v) is 3.91. The Balaban J connectivity index is 1.94. The summed E-state index contributed by atoms with van der Waals surface area (Å²) in [5.41, 5.74) is 5.15. The topological polar surface area (TPSA) is 51.8 Å². The number of aliphatic hydroxyl groups excluding tert-OH is 1. The summed E-state index contributed by atoms with van der Waals surface area (Å²) in [7, 11) is 0. The van der Waals surface area contributed by atoms with Crippen molar-refractivity contribution in [2.75, 3.05) is 0 Å². The van der Waals surface area contributed by atoms with E-state index < -0.39 is 0 Å². The number of fused-ring (bicyclic) bond motifs is 5. The van der Waals surface area contributed by atoms with Crippen LogP contribution in [-0.4, -0.2) is 15.1 Å². The fourth-order valence-electron chi connectivity index (χ4n) is 3.67. The van der Waals surface area contributed by atoms with E-state index in [0.29, 0.717) is 0 Å². The van der Waals surface area contributed by atoms with E-state index in [1.165, 1.54) is 0 Å². The number of nitrogens with one attached hydrogen (secondary N) is 2. The van der Waals surface area contributed by atoms with Gasteiger partial charge in [-0.1, -0.05) is 35.9 Å². The average Bonchev–Trinajstić information content (AvgIpc) is 3.24. The van der Waals surface area contributed by atoms with E-state index in [-0.39, 0.29) is 6.61 Å². The lowest BCUT2D eigenvalue weighted by Crippen LogP contribution is -1.82. The van der Waals surface area contributed by atoms with Gasteiger partial charge in [-0.3, -0.25) is 0 Å². The molecular formula is C21H15ClN2O. The summed E-state index contributed by atoms with van der Waals surface area (Å²) in [5, 5.41) is 14.8. The second-order valence-electron chi connectivity index (χ2n) is 6.27. The molecule has 3 N–H and O–H groups in total. The third-order valence-corrected chi connectivity index (χ3v) is 5.16. The molecule has 0 saturated heterocycles. The van der Waals surface area contributed by atoms with Crippen LogP contribution in [0.4, 0.5) is 0 Å². The molecular weight excluding hydrogens is 332 g/mol. The Bertz CT molecular complexity index is 1250. The molecule has 122 valence electrons. The number of hydrogen-bond acceptors (Lipinski definition) is 1. The third-order valence-electron chi connectivity index (χ3n) is 4.83. The van der Waals surface area contributed by atoms with Gasteiger partial charge >= 0.3 is 0 Å². The standard InChI is InChI=1S/C21H15ClN2O/c22-18-4-2-1-3-13(18)14-8-20-21(17-10-23-9-16(14)17)15-7-12(11-25)5-6-19(15)24-20/h1-10,23-25H,11H2. The number of halogens is 1. The van der Waals surface area contributed by atoms with Crippen LogP contribution in [0.25, 0.3) is 43.7 Å². The summed E-state index contributed by atoms with van der Waals surface area (Å²) in [6, 6.07) is 16.1. The van der Waals surface area contributed by atoms with Gasteiger partial charge in [-0.05, 0) is 35.4 Å². The molecule has 2 aromatic heterocycles. The van der Waals surface area contributed by atoms with Crippen molar-refractivity contribution in [1.82, 2.24) is 9.97 Å². The number of aromatic nitrogens is 2. The van der Waals surface area contributed by atoms with Gasteiger partial charge in [-0.25, -0.2) is 0 Å². The largest absolute Gasteiger partial charge is 0.392 e. The van der Waals surface area contributed by atoms with E-state index in [4.69, 9.17) is 11.6 Å². The van der Waals surface area contributed by atoms with Crippen molar-refractivity contribution in [3.8, 4) is 11.1 Å². The van der Waals surface area contributed by atoms with Gasteiger partial charge in [0.25, 0.3) is 0 Å². The van der Waals surface area contributed by atoms with Crippen LogP contribution in [0.15, 0.2) is 60.9 Å². The van der Waals surface area contributed by atoms with Crippen LogP contribution in [0.2, 0.25) is 5.02 Å². The van der Waals surface area contributed by atoms with Crippen LogP contribution in [0.3, 0.4) is 0 Å². The molecule has 0 fully saturated rings. The predicted octanol–water partition coefficient (Wildman–Crippen LogP) is 5.62. The summed E-state index contributed by atoms with van der Waals surface area (Å²) < 4.78 is 0. The number of hydrogen-bond donors (Lipinski definition) is 3. The number of H-pyrrole nitrogens is 2. The molecule has 0 unspecified atom stereocenters. The number of aromatic amines is 2. The maximum Gasteiger partial charge on any atom is 0.0682 e. The highest BCUT2D eigenvalue weighted by atomic mass is 35.5. The molecule has 0 saturated carbocycles. The molecule has 0 aliphatic heterocycles. The van der Waals surface area contributed by atoms with E-state index in [9.17, 15) is 5.11 Å². The Kier molecular flexibility index (Phi) is 3.14. The van der Waals surface area contributed by atoms with Crippen molar-refractivity contribution in [2.45, 2.75) is 6.61 Å². The fraction of sp³-hybridized carbons (Fsp3) is 0.0476. The van der Waals surface area contributed by atoms with E-state index in [2.05, 4.69) is 22.1 Å². The first-order valence-corrected chi connectivity index (χ1v) is 8.53. The Morgan fingerprint density at radius 3 is 2.52 bits per heavy atom. The van der Waals surface area contributed by atoms with Crippen LogP contribution in [0.1, 0.15) is 5.56 Å². The maximum absolute atomic E-state index is 9.47. The third kappa shape index (κ3) is 2.10. The molecule has 0 aliphatic carbocycles. The van der Waals surface area contributed by atoms with Crippen molar-refractivity contribution in [3.63, 3.8) is 0 Å². The van der Waals surface area contributed by atoms with Gasteiger partial charge in [0, 0.05) is 55.6 Å². The van der Waals surface area contributed by atoms with Gasteiger partial charge in [-0.15, -0.1) is 0 Å². The first-order chi connectivity index (χ1) is 12.3. The molecule has 0 bridgehead atoms. The number of aliphatic hydroxyl groups is 1. The van der Waals surface area contributed by atoms with Gasteiger partial charge in [0.15, 0.2) is 0 Å². The summed E-state index contributed by atoms with van der Waals surface area (Å²) >= 11 is 6.45. The minimum atomic E-state index is 0.0383. The maximum atomic E-state index is 9.47. The summed E-state index contributed by atoms with van der Waals surface area (Å²) in [6.45, 7) is 0.0383. The zero-order chi connectivity index (χ0) is 17.0. The highest BCUT2D eigenvalue weighted by Gasteiger charge is 2.15. The first kappa shape index (κ1) is 14.6. The smallest absolute Gasteiger partial charge is 0.0682 e.